The van der Waals surface area contributed by atoms with E-state index in [9.17, 15) is 0 Å². The SMILES string of the molecule is CC(C)C.CC(C)C.CC(C)C1C2CNCC21.CC(C)N1CC2CC2C1. The van der Waals surface area contributed by atoms with Gasteiger partial charge in [-0.3, -0.25) is 0 Å². The number of hydrogen-bond donors (Lipinski definition) is 1. The number of rotatable bonds is 2. The van der Waals surface area contributed by atoms with Crippen molar-refractivity contribution in [3.63, 3.8) is 0 Å². The third-order valence-electron chi connectivity index (χ3n) is 5.67. The minimum absolute atomic E-state index is 0.790. The predicted molar refractivity (Wildman–Crippen MR) is 118 cm³/mol. The number of likely N-dealkylation sites (tertiary alicyclic amines) is 1. The van der Waals surface area contributed by atoms with Crippen LogP contribution in [0.15, 0.2) is 0 Å². The molecule has 0 radical (unpaired) electrons. The molecule has 2 aliphatic carbocycles. The highest BCUT2D eigenvalue weighted by atomic mass is 15.2. The van der Waals surface area contributed by atoms with Crippen LogP contribution < -0.4 is 5.32 Å². The van der Waals surface area contributed by atoms with E-state index in [2.05, 4.69) is 79.5 Å². The molecule has 2 heteroatoms. The van der Waals surface area contributed by atoms with Crippen LogP contribution in [0.1, 0.15) is 75.7 Å². The molecule has 2 heterocycles. The third kappa shape index (κ3) is 8.74. The zero-order chi connectivity index (χ0) is 20.0. The van der Waals surface area contributed by atoms with E-state index >= 15 is 0 Å². The van der Waals surface area contributed by atoms with Crippen molar-refractivity contribution in [2.75, 3.05) is 26.2 Å². The molecule has 0 aromatic heterocycles. The highest BCUT2D eigenvalue weighted by molar-refractivity contribution is 5.04. The lowest BCUT2D eigenvalue weighted by Gasteiger charge is -2.21. The van der Waals surface area contributed by atoms with E-state index in [1.54, 1.807) is 0 Å². The number of nitrogens with one attached hydrogen (secondary N) is 1. The molecule has 26 heavy (non-hydrogen) atoms. The van der Waals surface area contributed by atoms with Crippen molar-refractivity contribution >= 4 is 0 Å². The fraction of sp³-hybridized carbons (Fsp3) is 1.00. The van der Waals surface area contributed by atoms with E-state index in [-0.39, 0.29) is 0 Å². The van der Waals surface area contributed by atoms with Gasteiger partial charge in [-0.2, -0.15) is 0 Å². The van der Waals surface area contributed by atoms with Crippen LogP contribution in [-0.4, -0.2) is 37.1 Å². The smallest absolute Gasteiger partial charge is 0.00388 e. The molecular weight excluding hydrogens is 316 g/mol. The molecule has 4 atom stereocenters. The molecule has 156 valence electrons. The molecule has 4 unspecified atom stereocenters. The second-order valence-corrected chi connectivity index (χ2v) is 11.1. The fourth-order valence-corrected chi connectivity index (χ4v) is 4.31. The van der Waals surface area contributed by atoms with Gasteiger partial charge in [0.25, 0.3) is 0 Å². The number of fused-ring (bicyclic) bond motifs is 2. The molecular formula is C24H50N2. The van der Waals surface area contributed by atoms with Crippen LogP contribution in [0.5, 0.6) is 0 Å². The van der Waals surface area contributed by atoms with Crippen LogP contribution in [0.4, 0.5) is 0 Å². The minimum Gasteiger partial charge on any atom is -0.316 e. The first-order chi connectivity index (χ1) is 12.0. The first kappa shape index (κ1) is 24.0. The zero-order valence-corrected chi connectivity index (χ0v) is 19.7. The van der Waals surface area contributed by atoms with E-state index in [4.69, 9.17) is 0 Å². The first-order valence-corrected chi connectivity index (χ1v) is 11.5. The largest absolute Gasteiger partial charge is 0.316 e. The van der Waals surface area contributed by atoms with Crippen molar-refractivity contribution in [2.45, 2.75) is 81.7 Å². The molecule has 0 amide bonds. The molecule has 4 fully saturated rings. The van der Waals surface area contributed by atoms with Gasteiger partial charge in [0.1, 0.15) is 0 Å². The van der Waals surface area contributed by atoms with E-state index in [0.717, 1.165) is 53.4 Å². The van der Waals surface area contributed by atoms with Crippen LogP contribution in [0.3, 0.4) is 0 Å². The number of nitrogens with zero attached hydrogens (tertiary/aromatic N) is 1. The molecule has 0 aromatic rings. The van der Waals surface area contributed by atoms with E-state index < -0.39 is 0 Å². The molecule has 0 spiro atoms. The lowest BCUT2D eigenvalue weighted by atomic mass is 10.1. The Morgan fingerprint density at radius 2 is 1.08 bits per heavy atom. The summed E-state index contributed by atoms with van der Waals surface area (Å²) in [5.41, 5.74) is 0. The van der Waals surface area contributed by atoms with Gasteiger partial charge in [0.2, 0.25) is 0 Å². The van der Waals surface area contributed by atoms with Crippen molar-refractivity contribution in [3.8, 4) is 0 Å². The van der Waals surface area contributed by atoms with Gasteiger partial charge < -0.3 is 10.2 Å². The minimum atomic E-state index is 0.790. The van der Waals surface area contributed by atoms with Crippen molar-refractivity contribution in [1.29, 1.82) is 0 Å². The van der Waals surface area contributed by atoms with E-state index in [1.807, 2.05) is 0 Å². The van der Waals surface area contributed by atoms with Gasteiger partial charge in [-0.05, 0) is 80.7 Å². The summed E-state index contributed by atoms with van der Waals surface area (Å²) in [4.78, 5) is 2.60. The average Bonchev–Trinajstić information content (AvgIpc) is 3.28. The molecule has 4 rings (SSSR count). The monoisotopic (exact) mass is 366 g/mol. The summed E-state index contributed by atoms with van der Waals surface area (Å²) in [6.45, 7) is 27.7. The molecule has 2 saturated heterocycles. The zero-order valence-electron chi connectivity index (χ0n) is 19.7. The number of piperidine rings is 2. The van der Waals surface area contributed by atoms with Crippen LogP contribution in [-0.2, 0) is 0 Å². The molecule has 2 nitrogen and oxygen atoms in total. The molecule has 2 saturated carbocycles. The Morgan fingerprint density at radius 3 is 1.31 bits per heavy atom. The highest BCUT2D eigenvalue weighted by Gasteiger charge is 2.53. The molecule has 4 aliphatic rings. The topological polar surface area (TPSA) is 15.3 Å². The van der Waals surface area contributed by atoms with Crippen LogP contribution >= 0.6 is 0 Å². The second kappa shape index (κ2) is 11.1. The molecule has 2 aliphatic heterocycles. The lowest BCUT2D eigenvalue weighted by molar-refractivity contribution is 0.248. The van der Waals surface area contributed by atoms with Gasteiger partial charge in [0, 0.05) is 19.1 Å². The Balaban J connectivity index is 0.000000188. The summed E-state index contributed by atoms with van der Waals surface area (Å²) in [5, 5.41) is 3.41. The van der Waals surface area contributed by atoms with Crippen molar-refractivity contribution in [3.05, 3.63) is 0 Å². The maximum absolute atomic E-state index is 3.41. The number of hydrogen-bond acceptors (Lipinski definition) is 2. The van der Waals surface area contributed by atoms with E-state index in [1.165, 1.54) is 32.6 Å². The van der Waals surface area contributed by atoms with Crippen molar-refractivity contribution < 1.29 is 0 Å². The summed E-state index contributed by atoms with van der Waals surface area (Å²) in [7, 11) is 0. The fourth-order valence-electron chi connectivity index (χ4n) is 4.31. The van der Waals surface area contributed by atoms with E-state index in [0.29, 0.717) is 0 Å². The maximum Gasteiger partial charge on any atom is 0.00388 e. The standard InChI is InChI=1S/2C8H15N.2C4H10/c1-6(2)9-4-7-3-8(7)5-9;1-5(2)8-6-3-9-4-7(6)8;2*1-4(2)3/h6-8H,3-5H2,1-2H3;5-9H,3-4H2,1-2H3;2*4H,1-3H3. The van der Waals surface area contributed by atoms with Crippen LogP contribution in [0.25, 0.3) is 0 Å². The van der Waals surface area contributed by atoms with Gasteiger partial charge in [0.15, 0.2) is 0 Å². The molecule has 0 aromatic carbocycles. The Hall–Kier alpha value is -0.0800. The van der Waals surface area contributed by atoms with Gasteiger partial charge in [-0.15, -0.1) is 0 Å². The maximum atomic E-state index is 3.41. The Morgan fingerprint density at radius 1 is 0.692 bits per heavy atom. The molecule has 0 bridgehead atoms. The van der Waals surface area contributed by atoms with Gasteiger partial charge in [0.05, 0.1) is 0 Å². The highest BCUT2D eigenvalue weighted by Crippen LogP contribution is 2.52. The quantitative estimate of drug-likeness (QED) is 0.666. The summed E-state index contributed by atoms with van der Waals surface area (Å²) in [5.74, 6) is 8.00. The average molecular weight is 367 g/mol. The summed E-state index contributed by atoms with van der Waals surface area (Å²) in [6.07, 6.45) is 1.53. The lowest BCUT2D eigenvalue weighted by Crippen LogP contribution is -2.29. The Labute approximate surface area is 165 Å². The normalized spacial score (nSPS) is 33.7. The summed E-state index contributed by atoms with van der Waals surface area (Å²) in [6, 6.07) is 0.790. The Kier molecular flexibility index (Phi) is 10.2. The molecule has 1 N–H and O–H groups in total. The Bertz CT molecular complexity index is 337. The van der Waals surface area contributed by atoms with Gasteiger partial charge in [-0.25, -0.2) is 0 Å². The van der Waals surface area contributed by atoms with Crippen LogP contribution in [0, 0.1) is 47.3 Å². The summed E-state index contributed by atoms with van der Waals surface area (Å²) < 4.78 is 0. The third-order valence-corrected chi connectivity index (χ3v) is 5.67. The predicted octanol–water partition coefficient (Wildman–Crippen LogP) is 5.78. The van der Waals surface area contributed by atoms with Crippen molar-refractivity contribution in [2.24, 2.45) is 47.3 Å². The van der Waals surface area contributed by atoms with Gasteiger partial charge >= 0.3 is 0 Å². The van der Waals surface area contributed by atoms with Crippen LogP contribution in [0.2, 0.25) is 0 Å². The van der Waals surface area contributed by atoms with Crippen molar-refractivity contribution in [1.82, 2.24) is 10.2 Å². The second-order valence-electron chi connectivity index (χ2n) is 11.1. The van der Waals surface area contributed by atoms with Gasteiger partial charge in [-0.1, -0.05) is 55.4 Å². The first-order valence-electron chi connectivity index (χ1n) is 11.5. The summed E-state index contributed by atoms with van der Waals surface area (Å²) >= 11 is 0.